The molecule has 5 rings (SSSR count). The van der Waals surface area contributed by atoms with Gasteiger partial charge in [-0.25, -0.2) is 31.9 Å². The molecule has 0 bridgehead atoms. The maximum atomic E-state index is 14.5. The van der Waals surface area contributed by atoms with Crippen LogP contribution in [0, 0.1) is 11.7 Å². The van der Waals surface area contributed by atoms with Gasteiger partial charge in [0.05, 0.1) is 36.9 Å². The highest BCUT2D eigenvalue weighted by molar-refractivity contribution is 5.98. The number of amides is 2. The van der Waals surface area contributed by atoms with E-state index in [9.17, 15) is 37.1 Å². The zero-order chi connectivity index (χ0) is 31.8. The molecule has 0 radical (unpaired) electrons. The number of hydrogen-bond acceptors (Lipinski definition) is 7. The van der Waals surface area contributed by atoms with Gasteiger partial charge in [-0.15, -0.1) is 6.58 Å². The van der Waals surface area contributed by atoms with Gasteiger partial charge in [0.2, 0.25) is 0 Å². The number of esters is 1. The van der Waals surface area contributed by atoms with Crippen LogP contribution in [0.1, 0.15) is 54.9 Å². The van der Waals surface area contributed by atoms with E-state index >= 15 is 0 Å². The van der Waals surface area contributed by atoms with E-state index in [4.69, 9.17) is 4.74 Å². The number of alkyl halides is 3. The number of ether oxygens (including phenoxy) is 1. The van der Waals surface area contributed by atoms with Crippen LogP contribution in [0.25, 0.3) is 5.65 Å². The lowest BCUT2D eigenvalue weighted by Crippen LogP contribution is -2.36. The fourth-order valence-electron chi connectivity index (χ4n) is 5.27. The largest absolute Gasteiger partial charge is 0.465 e. The fourth-order valence-corrected chi connectivity index (χ4v) is 5.27. The van der Waals surface area contributed by atoms with Gasteiger partial charge in [0, 0.05) is 25.5 Å². The zero-order valence-electron chi connectivity index (χ0n) is 23.3. The average molecular weight is 614 g/mol. The number of aliphatic hydroxyl groups excluding tert-OH is 1. The summed E-state index contributed by atoms with van der Waals surface area (Å²) in [4.78, 5) is 42.3. The van der Waals surface area contributed by atoms with E-state index in [-0.39, 0.29) is 35.5 Å². The van der Waals surface area contributed by atoms with Gasteiger partial charge < -0.3 is 20.5 Å². The van der Waals surface area contributed by atoms with Crippen molar-refractivity contribution in [1.29, 1.82) is 0 Å². The number of rotatable bonds is 9. The van der Waals surface area contributed by atoms with E-state index in [1.54, 1.807) is 12.1 Å². The predicted molar refractivity (Wildman–Crippen MR) is 148 cm³/mol. The number of aliphatic hydroxyl groups is 1. The minimum Gasteiger partial charge on any atom is -0.465 e. The number of nitrogens with zero attached hydrogens (tertiary/aromatic N) is 3. The van der Waals surface area contributed by atoms with E-state index in [0.717, 1.165) is 35.0 Å². The molecule has 14 heteroatoms. The second-order valence-corrected chi connectivity index (χ2v) is 10.4. The molecule has 1 aromatic carbocycles. The number of allylic oxidation sites excluding steroid dienone is 3. The molecule has 4 atom stereocenters. The van der Waals surface area contributed by atoms with Gasteiger partial charge in [-0.3, -0.25) is 9.59 Å². The van der Waals surface area contributed by atoms with Crippen LogP contribution in [0.2, 0.25) is 0 Å². The topological polar surface area (TPSA) is 135 Å². The third-order valence-electron chi connectivity index (χ3n) is 7.48. The number of benzene rings is 1. The highest BCUT2D eigenvalue weighted by Crippen LogP contribution is 2.37. The van der Waals surface area contributed by atoms with Crippen molar-refractivity contribution < 1.29 is 41.8 Å². The van der Waals surface area contributed by atoms with Gasteiger partial charge in [0.25, 0.3) is 17.7 Å². The van der Waals surface area contributed by atoms with Crippen LogP contribution >= 0.6 is 0 Å². The Morgan fingerprint density at radius 3 is 2.75 bits per heavy atom. The van der Waals surface area contributed by atoms with E-state index in [2.05, 4.69) is 27.3 Å². The second-order valence-electron chi connectivity index (χ2n) is 10.4. The number of aromatic nitrogens is 3. The molecule has 0 saturated heterocycles. The molecular weight excluding hydrogens is 586 g/mol. The lowest BCUT2D eigenvalue weighted by molar-refractivity contribution is -0.0561. The van der Waals surface area contributed by atoms with Crippen LogP contribution in [0.3, 0.4) is 0 Å². The standard InChI is InChI=1S/C30H27F4N5O5/c1-3-8-30(33,34)19-9-15(4-7-20(19)31)13-35-27(41)22-12-23(39-26(37-22)21(32)14-36-39)28(42)38-25-18-6-5-16(29(43)44-2)10-17(18)11-24(25)40/h3-7,9-10,12,14,19-20,24-25,40H,1,8,11,13H2,2H3,(H,35,41)(H,38,42)/t19?,20?,24-,25?/m0/s1. The molecular formula is C30H27F4N5O5. The highest BCUT2D eigenvalue weighted by atomic mass is 19.3. The van der Waals surface area contributed by atoms with Crippen molar-refractivity contribution in [2.24, 2.45) is 5.92 Å². The lowest BCUT2D eigenvalue weighted by atomic mass is 9.87. The quantitative estimate of drug-likeness (QED) is 0.191. The van der Waals surface area contributed by atoms with Crippen molar-refractivity contribution in [1.82, 2.24) is 25.2 Å². The third kappa shape index (κ3) is 5.84. The van der Waals surface area contributed by atoms with Gasteiger partial charge in [0.15, 0.2) is 11.5 Å². The summed E-state index contributed by atoms with van der Waals surface area (Å²) in [6.07, 6.45) is 1.52. The second kappa shape index (κ2) is 12.0. The molecule has 10 nitrogen and oxygen atoms in total. The zero-order valence-corrected chi connectivity index (χ0v) is 23.3. The maximum absolute atomic E-state index is 14.5. The number of fused-ring (bicyclic) bond motifs is 2. The first kappa shape index (κ1) is 30.6. The molecule has 44 heavy (non-hydrogen) atoms. The van der Waals surface area contributed by atoms with Crippen LogP contribution in [0.15, 0.2) is 66.9 Å². The first-order chi connectivity index (χ1) is 20.9. The maximum Gasteiger partial charge on any atom is 0.337 e. The van der Waals surface area contributed by atoms with Crippen LogP contribution in [0.4, 0.5) is 17.6 Å². The van der Waals surface area contributed by atoms with Crippen molar-refractivity contribution in [2.75, 3.05) is 13.7 Å². The smallest absolute Gasteiger partial charge is 0.337 e. The van der Waals surface area contributed by atoms with Crippen LogP contribution < -0.4 is 10.6 Å². The van der Waals surface area contributed by atoms with Gasteiger partial charge in [-0.05, 0) is 34.9 Å². The summed E-state index contributed by atoms with van der Waals surface area (Å²) in [5.41, 5.74) is 0.555. The molecule has 3 aromatic rings. The molecule has 3 N–H and O–H groups in total. The molecule has 2 aromatic heterocycles. The summed E-state index contributed by atoms with van der Waals surface area (Å²) in [5, 5.41) is 19.7. The molecule has 2 heterocycles. The normalized spacial score (nSPS) is 21.0. The summed E-state index contributed by atoms with van der Waals surface area (Å²) >= 11 is 0. The summed E-state index contributed by atoms with van der Waals surface area (Å²) in [6, 6.07) is 4.79. The lowest BCUT2D eigenvalue weighted by Gasteiger charge is -2.28. The highest BCUT2D eigenvalue weighted by Gasteiger charge is 2.42. The van der Waals surface area contributed by atoms with E-state index < -0.39 is 65.8 Å². The minimum absolute atomic E-state index is 0.134. The predicted octanol–water partition coefficient (Wildman–Crippen LogP) is 3.43. The van der Waals surface area contributed by atoms with Crippen LogP contribution in [-0.2, 0) is 11.2 Å². The van der Waals surface area contributed by atoms with E-state index in [1.807, 2.05) is 0 Å². The molecule has 0 saturated carbocycles. The Labute approximate surface area is 248 Å². The van der Waals surface area contributed by atoms with Crippen molar-refractivity contribution in [3.8, 4) is 0 Å². The van der Waals surface area contributed by atoms with Gasteiger partial charge in [0.1, 0.15) is 17.6 Å². The minimum atomic E-state index is -3.40. The number of hydrogen-bond donors (Lipinski definition) is 3. The fraction of sp³-hybridized carbons (Fsp3) is 0.300. The Morgan fingerprint density at radius 2 is 2.02 bits per heavy atom. The average Bonchev–Trinajstić information content (AvgIpc) is 3.53. The van der Waals surface area contributed by atoms with E-state index in [0.29, 0.717) is 11.1 Å². The van der Waals surface area contributed by atoms with Crippen LogP contribution in [-0.4, -0.2) is 69.3 Å². The van der Waals surface area contributed by atoms with Gasteiger partial charge in [-0.1, -0.05) is 24.3 Å². The molecule has 0 spiro atoms. The van der Waals surface area contributed by atoms with Crippen molar-refractivity contribution >= 4 is 23.4 Å². The van der Waals surface area contributed by atoms with Crippen LogP contribution in [0.5, 0.6) is 0 Å². The van der Waals surface area contributed by atoms with Crippen molar-refractivity contribution in [2.45, 2.75) is 37.1 Å². The summed E-state index contributed by atoms with van der Waals surface area (Å²) in [5.74, 6) is -8.32. The van der Waals surface area contributed by atoms with Gasteiger partial charge >= 0.3 is 5.97 Å². The van der Waals surface area contributed by atoms with Crippen molar-refractivity contribution in [3.05, 3.63) is 101 Å². The Hall–Kier alpha value is -4.85. The number of methoxy groups -OCH3 is 1. The van der Waals surface area contributed by atoms with Crippen molar-refractivity contribution in [3.63, 3.8) is 0 Å². The Kier molecular flexibility index (Phi) is 8.37. The number of nitrogens with one attached hydrogen (secondary N) is 2. The Balaban J connectivity index is 1.37. The first-order valence-electron chi connectivity index (χ1n) is 13.5. The molecule has 2 amide bonds. The number of carbonyl (C=O) groups is 3. The molecule has 2 aliphatic rings. The molecule has 0 fully saturated rings. The molecule has 3 unspecified atom stereocenters. The van der Waals surface area contributed by atoms with Gasteiger partial charge in [-0.2, -0.15) is 5.10 Å². The summed E-state index contributed by atoms with van der Waals surface area (Å²) in [6.45, 7) is 3.00. The SMILES string of the molecule is C=CCC(F)(F)C1C=C(CNC(=O)c2cc(C(=O)NC3c4ccc(C(=O)OC)cc4C[C@@H]3O)n3ncc(F)c3n2)C=CC1F. The molecule has 230 valence electrons. The van der Waals surface area contributed by atoms with E-state index in [1.165, 1.54) is 19.3 Å². The summed E-state index contributed by atoms with van der Waals surface area (Å²) in [7, 11) is 1.24. The number of halogens is 4. The molecule has 2 aliphatic carbocycles. The first-order valence-corrected chi connectivity index (χ1v) is 13.5. The Morgan fingerprint density at radius 1 is 1.25 bits per heavy atom. The Bertz CT molecular complexity index is 1720. The third-order valence-corrected chi connectivity index (χ3v) is 7.48. The monoisotopic (exact) mass is 613 g/mol. The summed E-state index contributed by atoms with van der Waals surface area (Å²) < 4.78 is 63.2. The molecule has 0 aliphatic heterocycles. The number of carbonyl (C=O) groups excluding carboxylic acids is 3.